The van der Waals surface area contributed by atoms with Gasteiger partial charge in [0.25, 0.3) is 0 Å². The summed E-state index contributed by atoms with van der Waals surface area (Å²) in [6.07, 6.45) is -5.89. The van der Waals surface area contributed by atoms with Gasteiger partial charge >= 0.3 is 5.97 Å². The van der Waals surface area contributed by atoms with E-state index in [1.54, 1.807) is 0 Å². The lowest BCUT2D eigenvalue weighted by Crippen LogP contribution is -2.39. The number of rotatable bonds is 5. The summed E-state index contributed by atoms with van der Waals surface area (Å²) in [5.41, 5.74) is -1.49. The Morgan fingerprint density at radius 3 is 2.29 bits per heavy atom. The predicted molar refractivity (Wildman–Crippen MR) is 114 cm³/mol. The number of carbonyl (C=O) groups excluding carboxylic acids is 1. The Hall–Kier alpha value is -4.20. The first-order chi connectivity index (χ1) is 16.5. The van der Waals surface area contributed by atoms with Crippen LogP contribution in [-0.4, -0.2) is 72.9 Å². The zero-order valence-electron chi connectivity index (χ0n) is 17.9. The monoisotopic (exact) mass is 492 g/mol. The van der Waals surface area contributed by atoms with Gasteiger partial charge in [0.05, 0.1) is 6.61 Å². The van der Waals surface area contributed by atoms with Crippen molar-refractivity contribution in [1.29, 1.82) is 0 Å². The Morgan fingerprint density at radius 1 is 1.03 bits per heavy atom. The molecule has 186 valence electrons. The number of aliphatic hydroxyl groups is 2. The van der Waals surface area contributed by atoms with Gasteiger partial charge in [-0.15, -0.1) is 0 Å². The first kappa shape index (κ1) is 23.9. The van der Waals surface area contributed by atoms with Gasteiger partial charge in [-0.2, -0.15) is 0 Å². The summed E-state index contributed by atoms with van der Waals surface area (Å²) >= 11 is 0. The van der Waals surface area contributed by atoms with Gasteiger partial charge in [-0.25, -0.2) is 0 Å². The molecule has 2 aromatic carbocycles. The molecule has 13 nitrogen and oxygen atoms in total. The summed E-state index contributed by atoms with van der Waals surface area (Å²) in [5, 5.41) is 69.2. The van der Waals surface area contributed by atoms with Crippen molar-refractivity contribution in [2.24, 2.45) is 0 Å². The van der Waals surface area contributed by atoms with E-state index >= 15 is 0 Å². The van der Waals surface area contributed by atoms with E-state index in [0.29, 0.717) is 0 Å². The number of carbonyl (C=O) groups is 1. The second-order valence-electron chi connectivity index (χ2n) is 7.70. The first-order valence-electron chi connectivity index (χ1n) is 10.1. The third kappa shape index (κ3) is 4.23. The van der Waals surface area contributed by atoms with E-state index in [2.05, 4.69) is 0 Å². The number of phenols is 5. The molecule has 0 aliphatic carbocycles. The molecule has 0 saturated carbocycles. The summed E-state index contributed by atoms with van der Waals surface area (Å²) in [4.78, 5) is 24.7. The van der Waals surface area contributed by atoms with Crippen LogP contribution in [-0.2, 0) is 14.3 Å². The fourth-order valence-electron chi connectivity index (χ4n) is 3.70. The number of phenolic OH excluding ortho intramolecular Hbond substituents is 5. The van der Waals surface area contributed by atoms with Crippen molar-refractivity contribution in [2.45, 2.75) is 31.5 Å². The van der Waals surface area contributed by atoms with E-state index < -0.39 is 88.3 Å². The molecule has 1 aliphatic heterocycles. The van der Waals surface area contributed by atoms with Crippen molar-refractivity contribution in [1.82, 2.24) is 0 Å². The Labute approximate surface area is 195 Å². The summed E-state index contributed by atoms with van der Waals surface area (Å²) in [7, 11) is 0. The Kier molecular flexibility index (Phi) is 6.06. The highest BCUT2D eigenvalue weighted by atomic mass is 16.7. The van der Waals surface area contributed by atoms with Gasteiger partial charge in [0.1, 0.15) is 28.6 Å². The molecule has 0 amide bonds. The van der Waals surface area contributed by atoms with Crippen LogP contribution in [0.4, 0.5) is 0 Å². The zero-order valence-corrected chi connectivity index (χ0v) is 17.9. The molecule has 0 unspecified atom stereocenters. The average molecular weight is 492 g/mol. The maximum Gasteiger partial charge on any atom is 0.303 e. The van der Waals surface area contributed by atoms with Crippen molar-refractivity contribution < 1.29 is 59.2 Å². The lowest BCUT2D eigenvalue weighted by Gasteiger charge is -2.20. The number of hydrogen-bond acceptors (Lipinski definition) is 13. The van der Waals surface area contributed by atoms with Crippen LogP contribution in [0.25, 0.3) is 22.3 Å². The number of aromatic hydroxyl groups is 5. The van der Waals surface area contributed by atoms with Crippen molar-refractivity contribution in [2.75, 3.05) is 6.61 Å². The molecule has 3 aromatic rings. The SMILES string of the molecule is CC(=O)O[C@H]1[C@@H](O)[C@H](Oc2c(-c3cc(O)c(O)c(O)c3)oc3cc(O)cc(O)c3c2=O)O[C@@H]1CO. The Bertz CT molecular complexity index is 1340. The van der Waals surface area contributed by atoms with Crippen molar-refractivity contribution in [3.05, 3.63) is 34.5 Å². The van der Waals surface area contributed by atoms with Crippen LogP contribution in [0.1, 0.15) is 6.92 Å². The summed E-state index contributed by atoms with van der Waals surface area (Å²) in [5.74, 6) is -5.42. The third-order valence-corrected chi connectivity index (χ3v) is 5.26. The van der Waals surface area contributed by atoms with Crippen LogP contribution >= 0.6 is 0 Å². The van der Waals surface area contributed by atoms with Crippen molar-refractivity contribution in [3.63, 3.8) is 0 Å². The molecule has 1 fully saturated rings. The largest absolute Gasteiger partial charge is 0.508 e. The van der Waals surface area contributed by atoms with Crippen LogP contribution in [0.3, 0.4) is 0 Å². The van der Waals surface area contributed by atoms with E-state index in [0.717, 1.165) is 31.2 Å². The topological polar surface area (TPSA) is 217 Å². The van der Waals surface area contributed by atoms with E-state index in [-0.39, 0.29) is 11.1 Å². The molecule has 4 atom stereocenters. The molecule has 1 saturated heterocycles. The standard InChI is InChI=1S/C22H20O13/c1-7(24)32-20-14(6-23)34-22(18(20)31)35-21-17(30)15-10(26)4-9(25)5-13(15)33-19(21)8-2-11(27)16(29)12(28)3-8/h2-5,14,18,20,22-23,25-29,31H,6H2,1H3/t14-,18-,20-,22+/m1/s1. The quantitative estimate of drug-likeness (QED) is 0.189. The third-order valence-electron chi connectivity index (χ3n) is 5.26. The average Bonchev–Trinajstić information content (AvgIpc) is 3.06. The van der Waals surface area contributed by atoms with E-state index in [1.807, 2.05) is 0 Å². The number of ether oxygens (including phenoxy) is 3. The fraction of sp³-hybridized carbons (Fsp3) is 0.273. The predicted octanol–water partition coefficient (Wildman–Crippen LogP) is 0.377. The number of aliphatic hydroxyl groups excluding tert-OH is 2. The van der Waals surface area contributed by atoms with Crippen molar-refractivity contribution >= 4 is 16.9 Å². The lowest BCUT2D eigenvalue weighted by atomic mass is 10.1. The molecule has 4 rings (SSSR count). The van der Waals surface area contributed by atoms with Gasteiger partial charge < -0.3 is 54.4 Å². The van der Waals surface area contributed by atoms with Gasteiger partial charge in [0.2, 0.25) is 17.5 Å². The Balaban J connectivity index is 1.89. The highest BCUT2D eigenvalue weighted by Gasteiger charge is 2.48. The molecule has 0 spiro atoms. The second-order valence-corrected chi connectivity index (χ2v) is 7.70. The van der Waals surface area contributed by atoms with Crippen LogP contribution in [0.15, 0.2) is 33.5 Å². The van der Waals surface area contributed by atoms with E-state index in [4.69, 9.17) is 18.6 Å². The van der Waals surface area contributed by atoms with E-state index in [9.17, 15) is 45.3 Å². The molecule has 0 bridgehead atoms. The van der Waals surface area contributed by atoms with Crippen LogP contribution in [0.2, 0.25) is 0 Å². The molecule has 0 radical (unpaired) electrons. The molecule has 35 heavy (non-hydrogen) atoms. The van der Waals surface area contributed by atoms with E-state index in [1.165, 1.54) is 0 Å². The van der Waals surface area contributed by atoms with Crippen LogP contribution in [0, 0.1) is 0 Å². The number of benzene rings is 2. The van der Waals surface area contributed by atoms with Gasteiger partial charge in [-0.1, -0.05) is 0 Å². The summed E-state index contributed by atoms with van der Waals surface area (Å²) in [6.45, 7) is 0.404. The summed E-state index contributed by atoms with van der Waals surface area (Å²) < 4.78 is 21.6. The van der Waals surface area contributed by atoms with Gasteiger partial charge in [0, 0.05) is 24.6 Å². The van der Waals surface area contributed by atoms with Crippen LogP contribution < -0.4 is 10.2 Å². The maximum absolute atomic E-state index is 13.3. The highest BCUT2D eigenvalue weighted by molar-refractivity contribution is 5.88. The highest BCUT2D eigenvalue weighted by Crippen LogP contribution is 2.43. The van der Waals surface area contributed by atoms with Crippen LogP contribution in [0.5, 0.6) is 34.5 Å². The zero-order chi connectivity index (χ0) is 25.6. The molecule has 13 heteroatoms. The smallest absolute Gasteiger partial charge is 0.303 e. The van der Waals surface area contributed by atoms with Crippen molar-refractivity contribution in [3.8, 4) is 45.8 Å². The number of esters is 1. The number of hydrogen-bond donors (Lipinski definition) is 7. The summed E-state index contributed by atoms with van der Waals surface area (Å²) in [6, 6.07) is 3.75. The minimum atomic E-state index is -1.67. The number of fused-ring (bicyclic) bond motifs is 1. The molecular formula is C22H20O13. The lowest BCUT2D eigenvalue weighted by molar-refractivity contribution is -0.153. The minimum Gasteiger partial charge on any atom is -0.508 e. The molecule has 1 aromatic heterocycles. The molecule has 7 N–H and O–H groups in total. The normalized spacial score (nSPS) is 21.8. The fourth-order valence-corrected chi connectivity index (χ4v) is 3.70. The Morgan fingerprint density at radius 2 is 1.69 bits per heavy atom. The first-order valence-corrected chi connectivity index (χ1v) is 10.1. The minimum absolute atomic E-state index is 0.183. The van der Waals surface area contributed by atoms with Gasteiger partial charge in [0.15, 0.2) is 35.2 Å². The molecule has 1 aliphatic rings. The van der Waals surface area contributed by atoms with Gasteiger partial charge in [-0.05, 0) is 12.1 Å². The molecule has 2 heterocycles. The maximum atomic E-state index is 13.3. The van der Waals surface area contributed by atoms with Gasteiger partial charge in [-0.3, -0.25) is 9.59 Å². The molecular weight excluding hydrogens is 472 g/mol. The second kappa shape index (κ2) is 8.87.